The third kappa shape index (κ3) is 7.37. The highest BCUT2D eigenvalue weighted by Gasteiger charge is 2.20. The second-order valence-electron chi connectivity index (χ2n) is 6.97. The summed E-state index contributed by atoms with van der Waals surface area (Å²) in [5.41, 5.74) is 1.42. The highest BCUT2D eigenvalue weighted by molar-refractivity contribution is 7.87. The highest BCUT2D eigenvalue weighted by Crippen LogP contribution is 2.23. The lowest BCUT2D eigenvalue weighted by molar-refractivity contribution is 0.0985. The standard InChI is InChI=1S/C21H25N5O4S/c22-31(28,29)24-14-8-7-13-18(23-15-19(27)16-9-3-1-4-10-16)21-26-25-20(30-21)17-11-5-2-6-12-17/h1-6,9-12,18,23-24H,7-8,13-15H2,(H2,22,28,29)/t18-/m0/s1. The fourth-order valence-corrected chi connectivity index (χ4v) is 3.44. The van der Waals surface area contributed by atoms with Crippen LogP contribution in [0, 0.1) is 0 Å². The van der Waals surface area contributed by atoms with E-state index in [0.717, 1.165) is 5.56 Å². The minimum atomic E-state index is -3.71. The Morgan fingerprint density at radius 2 is 1.68 bits per heavy atom. The number of carbonyl (C=O) groups is 1. The summed E-state index contributed by atoms with van der Waals surface area (Å²) < 4.78 is 30.1. The average Bonchev–Trinajstić information content (AvgIpc) is 3.26. The normalized spacial score (nSPS) is 12.5. The summed E-state index contributed by atoms with van der Waals surface area (Å²) in [6.45, 7) is 0.334. The van der Waals surface area contributed by atoms with Crippen molar-refractivity contribution in [3.63, 3.8) is 0 Å². The molecule has 0 aliphatic heterocycles. The molecule has 3 rings (SSSR count). The summed E-state index contributed by atoms with van der Waals surface area (Å²) in [6.07, 6.45) is 1.80. The van der Waals surface area contributed by atoms with Crippen molar-refractivity contribution in [3.8, 4) is 11.5 Å². The van der Waals surface area contributed by atoms with Crippen LogP contribution in [-0.2, 0) is 10.2 Å². The molecular weight excluding hydrogens is 418 g/mol. The maximum absolute atomic E-state index is 12.5. The van der Waals surface area contributed by atoms with Crippen LogP contribution in [-0.4, -0.2) is 37.5 Å². The Bertz CT molecular complexity index is 1070. The van der Waals surface area contributed by atoms with Crippen LogP contribution < -0.4 is 15.2 Å². The van der Waals surface area contributed by atoms with Crippen molar-refractivity contribution in [1.29, 1.82) is 0 Å². The number of hydrogen-bond acceptors (Lipinski definition) is 7. The first kappa shape index (κ1) is 22.8. The van der Waals surface area contributed by atoms with E-state index in [1.54, 1.807) is 12.1 Å². The Morgan fingerprint density at radius 3 is 2.35 bits per heavy atom. The number of Topliss-reactive ketones (excluding diaryl/α,β-unsaturated/α-hetero) is 1. The number of rotatable bonds is 12. The van der Waals surface area contributed by atoms with Crippen LogP contribution in [0.2, 0.25) is 0 Å². The predicted molar refractivity (Wildman–Crippen MR) is 116 cm³/mol. The molecule has 164 valence electrons. The van der Waals surface area contributed by atoms with Crippen molar-refractivity contribution in [2.24, 2.45) is 5.14 Å². The van der Waals surface area contributed by atoms with E-state index in [0.29, 0.717) is 36.6 Å². The Labute approximate surface area is 181 Å². The third-order valence-electron chi connectivity index (χ3n) is 4.59. The zero-order valence-electron chi connectivity index (χ0n) is 16.9. The molecule has 3 aromatic rings. The van der Waals surface area contributed by atoms with E-state index in [1.165, 1.54) is 0 Å². The molecule has 9 nitrogen and oxygen atoms in total. The monoisotopic (exact) mass is 443 g/mol. The van der Waals surface area contributed by atoms with Gasteiger partial charge < -0.3 is 4.42 Å². The molecule has 0 aliphatic carbocycles. The van der Waals surface area contributed by atoms with Crippen molar-refractivity contribution in [1.82, 2.24) is 20.2 Å². The van der Waals surface area contributed by atoms with E-state index in [2.05, 4.69) is 20.2 Å². The third-order valence-corrected chi connectivity index (χ3v) is 5.19. The Kier molecular flexibility index (Phi) is 8.01. The van der Waals surface area contributed by atoms with Gasteiger partial charge in [-0.05, 0) is 25.0 Å². The molecule has 0 unspecified atom stereocenters. The summed E-state index contributed by atoms with van der Waals surface area (Å²) in [6, 6.07) is 18.1. The lowest BCUT2D eigenvalue weighted by Gasteiger charge is -2.15. The van der Waals surface area contributed by atoms with Gasteiger partial charge in [-0.2, -0.15) is 8.42 Å². The molecule has 0 radical (unpaired) electrons. The first-order chi connectivity index (χ1) is 14.9. The average molecular weight is 444 g/mol. The van der Waals surface area contributed by atoms with Gasteiger partial charge in [0.15, 0.2) is 5.78 Å². The maximum Gasteiger partial charge on any atom is 0.274 e. The van der Waals surface area contributed by atoms with Crippen LogP contribution in [0.1, 0.15) is 41.6 Å². The second-order valence-corrected chi connectivity index (χ2v) is 8.35. The molecule has 10 heteroatoms. The fraction of sp³-hybridized carbons (Fsp3) is 0.286. The zero-order chi connectivity index (χ0) is 22.1. The molecule has 1 atom stereocenters. The lowest BCUT2D eigenvalue weighted by atomic mass is 10.1. The van der Waals surface area contributed by atoms with Crippen molar-refractivity contribution in [3.05, 3.63) is 72.1 Å². The highest BCUT2D eigenvalue weighted by atomic mass is 32.2. The summed E-state index contributed by atoms with van der Waals surface area (Å²) in [5, 5.41) is 16.4. The van der Waals surface area contributed by atoms with Crippen LogP contribution in [0.25, 0.3) is 11.5 Å². The molecule has 2 aromatic carbocycles. The number of hydrogen-bond donors (Lipinski definition) is 3. The Morgan fingerprint density at radius 1 is 1.00 bits per heavy atom. The summed E-state index contributed by atoms with van der Waals surface area (Å²) in [5.74, 6) is 0.719. The van der Waals surface area contributed by atoms with Gasteiger partial charge in [0.25, 0.3) is 10.2 Å². The Hall–Kier alpha value is -2.92. The molecule has 31 heavy (non-hydrogen) atoms. The molecule has 0 bridgehead atoms. The molecule has 0 fully saturated rings. The number of nitrogens with zero attached hydrogens (tertiary/aromatic N) is 2. The van der Waals surface area contributed by atoms with Gasteiger partial charge in [-0.25, -0.2) is 9.86 Å². The van der Waals surface area contributed by atoms with Gasteiger partial charge in [-0.3, -0.25) is 10.1 Å². The number of nitrogens with two attached hydrogens (primary N) is 1. The maximum atomic E-state index is 12.5. The van der Waals surface area contributed by atoms with Crippen molar-refractivity contribution < 1.29 is 17.6 Å². The summed E-state index contributed by atoms with van der Waals surface area (Å²) >= 11 is 0. The van der Waals surface area contributed by atoms with Crippen LogP contribution in [0.4, 0.5) is 0 Å². The molecule has 1 heterocycles. The topological polar surface area (TPSA) is 140 Å². The fourth-order valence-electron chi connectivity index (χ4n) is 3.02. The van der Waals surface area contributed by atoms with Crippen LogP contribution in [0.3, 0.4) is 0 Å². The van der Waals surface area contributed by atoms with Gasteiger partial charge in [0.1, 0.15) is 0 Å². The number of aromatic nitrogens is 2. The van der Waals surface area contributed by atoms with Crippen LogP contribution >= 0.6 is 0 Å². The predicted octanol–water partition coefficient (Wildman–Crippen LogP) is 2.21. The molecule has 0 aliphatic rings. The second kappa shape index (κ2) is 10.9. The van der Waals surface area contributed by atoms with E-state index in [9.17, 15) is 13.2 Å². The summed E-state index contributed by atoms with van der Waals surface area (Å²) in [7, 11) is -3.71. The van der Waals surface area contributed by atoms with E-state index in [-0.39, 0.29) is 24.9 Å². The number of unbranched alkanes of at least 4 members (excludes halogenated alkanes) is 1. The minimum absolute atomic E-state index is 0.0516. The van der Waals surface area contributed by atoms with Crippen LogP contribution in [0.15, 0.2) is 65.1 Å². The number of benzene rings is 2. The van der Waals surface area contributed by atoms with E-state index in [1.807, 2.05) is 48.5 Å². The molecule has 0 saturated heterocycles. The van der Waals surface area contributed by atoms with Crippen LogP contribution in [0.5, 0.6) is 0 Å². The molecule has 1 aromatic heterocycles. The quantitative estimate of drug-likeness (QED) is 0.288. The molecular formula is C21H25N5O4S. The molecule has 0 amide bonds. The smallest absolute Gasteiger partial charge is 0.274 e. The van der Waals surface area contributed by atoms with Crippen molar-refractivity contribution >= 4 is 16.0 Å². The van der Waals surface area contributed by atoms with Gasteiger partial charge in [0.2, 0.25) is 11.8 Å². The first-order valence-corrected chi connectivity index (χ1v) is 11.4. The zero-order valence-corrected chi connectivity index (χ0v) is 17.7. The SMILES string of the molecule is NS(=O)(=O)NCCCC[C@H](NCC(=O)c1ccccc1)c1nnc(-c2ccccc2)o1. The number of nitrogens with one attached hydrogen (secondary N) is 2. The number of carbonyl (C=O) groups excluding carboxylic acids is 1. The lowest BCUT2D eigenvalue weighted by Crippen LogP contribution is -2.31. The van der Waals surface area contributed by atoms with Gasteiger partial charge in [-0.1, -0.05) is 55.0 Å². The number of ketones is 1. The van der Waals surface area contributed by atoms with Gasteiger partial charge >= 0.3 is 0 Å². The first-order valence-electron chi connectivity index (χ1n) is 9.90. The van der Waals surface area contributed by atoms with Crippen molar-refractivity contribution in [2.45, 2.75) is 25.3 Å². The molecule has 0 saturated carbocycles. The van der Waals surface area contributed by atoms with E-state index in [4.69, 9.17) is 9.56 Å². The van der Waals surface area contributed by atoms with Gasteiger partial charge in [0.05, 0.1) is 12.6 Å². The van der Waals surface area contributed by atoms with Gasteiger partial charge in [0, 0.05) is 17.7 Å². The van der Waals surface area contributed by atoms with E-state index >= 15 is 0 Å². The van der Waals surface area contributed by atoms with Crippen molar-refractivity contribution in [2.75, 3.05) is 13.1 Å². The Balaban J connectivity index is 1.65. The molecule has 4 N–H and O–H groups in total. The van der Waals surface area contributed by atoms with E-state index < -0.39 is 10.2 Å². The molecule has 0 spiro atoms. The van der Waals surface area contributed by atoms with Gasteiger partial charge in [-0.15, -0.1) is 10.2 Å². The summed E-state index contributed by atoms with van der Waals surface area (Å²) in [4.78, 5) is 12.5. The largest absolute Gasteiger partial charge is 0.419 e. The minimum Gasteiger partial charge on any atom is -0.419 e.